The lowest BCUT2D eigenvalue weighted by molar-refractivity contribution is -0.137. The van der Waals surface area contributed by atoms with Crippen LogP contribution >= 0.6 is 0 Å². The summed E-state index contributed by atoms with van der Waals surface area (Å²) < 4.78 is 45.4. The van der Waals surface area contributed by atoms with Crippen molar-refractivity contribution in [1.82, 2.24) is 0 Å². The van der Waals surface area contributed by atoms with Crippen molar-refractivity contribution < 1.29 is 27.8 Å². The number of rotatable bonds is 4. The van der Waals surface area contributed by atoms with Crippen LogP contribution in [0.1, 0.15) is 117 Å². The van der Waals surface area contributed by atoms with Gasteiger partial charge in [0.25, 0.3) is 0 Å². The quantitative estimate of drug-likeness (QED) is 0.471. The molecule has 0 fully saturated rings. The van der Waals surface area contributed by atoms with Gasteiger partial charge in [-0.1, -0.05) is 45.9 Å². The highest BCUT2D eigenvalue weighted by atomic mass is 19.4. The van der Waals surface area contributed by atoms with Crippen LogP contribution in [-0.2, 0) is 6.18 Å². The van der Waals surface area contributed by atoms with Gasteiger partial charge in [0.1, 0.15) is 17.5 Å². The molecule has 190 valence electrons. The number of aliphatic hydroxyl groups excluding tert-OH is 1. The standard InChI is InChI=1S/C27H29F3O3.C2H6/c1-15(2)19-13-21-24(20(31)14-26(3,4)33-21)22(16-7-5-6-8-16)23(19)25(32)17-9-11-18(12-10-17)27(28,29)30;1-2/h7,9-13,15,25,32H,5-6,8,14H2,1-4H3;1-2H3. The number of aliphatic hydroxyl groups is 1. The van der Waals surface area contributed by atoms with E-state index in [4.69, 9.17) is 4.74 Å². The predicted octanol–water partition coefficient (Wildman–Crippen LogP) is 8.25. The summed E-state index contributed by atoms with van der Waals surface area (Å²) in [5, 5.41) is 11.5. The van der Waals surface area contributed by atoms with E-state index in [9.17, 15) is 23.1 Å². The topological polar surface area (TPSA) is 46.5 Å². The molecule has 1 aliphatic carbocycles. The molecule has 1 N–H and O–H groups in total. The minimum absolute atomic E-state index is 0.00103. The first-order valence-electron chi connectivity index (χ1n) is 12.4. The molecule has 0 spiro atoms. The molecule has 2 aromatic carbocycles. The van der Waals surface area contributed by atoms with Gasteiger partial charge in [0.15, 0.2) is 5.78 Å². The number of alkyl halides is 3. The van der Waals surface area contributed by atoms with Gasteiger partial charge in [-0.3, -0.25) is 4.79 Å². The summed E-state index contributed by atoms with van der Waals surface area (Å²) >= 11 is 0. The van der Waals surface area contributed by atoms with Gasteiger partial charge in [0, 0.05) is 0 Å². The van der Waals surface area contributed by atoms with Crippen LogP contribution in [0.2, 0.25) is 0 Å². The number of hydrogen-bond acceptors (Lipinski definition) is 3. The number of ketones is 1. The molecule has 0 amide bonds. The molecular weight excluding hydrogens is 453 g/mol. The average Bonchev–Trinajstić information content (AvgIpc) is 3.32. The molecule has 0 saturated carbocycles. The van der Waals surface area contributed by atoms with Gasteiger partial charge >= 0.3 is 6.18 Å². The Labute approximate surface area is 206 Å². The van der Waals surface area contributed by atoms with E-state index in [1.165, 1.54) is 12.1 Å². The van der Waals surface area contributed by atoms with Crippen LogP contribution in [-0.4, -0.2) is 16.5 Å². The number of hydrogen-bond donors (Lipinski definition) is 1. The third kappa shape index (κ3) is 5.48. The van der Waals surface area contributed by atoms with Gasteiger partial charge < -0.3 is 9.84 Å². The first-order chi connectivity index (χ1) is 16.4. The highest BCUT2D eigenvalue weighted by Gasteiger charge is 2.38. The van der Waals surface area contributed by atoms with Crippen LogP contribution in [0, 0.1) is 0 Å². The average molecular weight is 489 g/mol. The zero-order valence-electron chi connectivity index (χ0n) is 21.3. The number of Topliss-reactive ketones (excluding diaryl/α,β-unsaturated/α-hetero) is 1. The number of ether oxygens (including phenoxy) is 1. The Bertz CT molecular complexity index is 1110. The molecule has 35 heavy (non-hydrogen) atoms. The van der Waals surface area contributed by atoms with E-state index in [2.05, 4.69) is 6.08 Å². The number of halogens is 3. The normalized spacial score (nSPS) is 17.8. The van der Waals surface area contributed by atoms with E-state index in [0.717, 1.165) is 42.5 Å². The van der Waals surface area contributed by atoms with Crippen LogP contribution < -0.4 is 4.74 Å². The molecule has 0 bridgehead atoms. The van der Waals surface area contributed by atoms with Gasteiger partial charge in [0.2, 0.25) is 0 Å². The smallest absolute Gasteiger partial charge is 0.416 e. The van der Waals surface area contributed by atoms with Crippen molar-refractivity contribution in [2.45, 2.75) is 91.0 Å². The number of carbonyl (C=O) groups excluding carboxylic acids is 1. The molecule has 0 saturated heterocycles. The SMILES string of the molecule is CC.CC(C)c1cc2c(c(C3=CCCC3)c1C(O)c1ccc(C(F)(F)F)cc1)C(=O)CC(C)(C)O2. The van der Waals surface area contributed by atoms with Crippen molar-refractivity contribution in [2.75, 3.05) is 0 Å². The van der Waals surface area contributed by atoms with Crippen molar-refractivity contribution in [3.05, 3.63) is 69.8 Å². The highest BCUT2D eigenvalue weighted by Crippen LogP contribution is 2.47. The van der Waals surface area contributed by atoms with Crippen LogP contribution in [0.5, 0.6) is 5.75 Å². The fraction of sp³-hybridized carbons (Fsp3) is 0.483. The summed E-state index contributed by atoms with van der Waals surface area (Å²) in [4.78, 5) is 13.3. The Morgan fingerprint density at radius 2 is 1.69 bits per heavy atom. The molecule has 1 atom stereocenters. The fourth-order valence-electron chi connectivity index (χ4n) is 4.88. The molecule has 1 aliphatic heterocycles. The van der Waals surface area contributed by atoms with E-state index in [1.54, 1.807) is 0 Å². The van der Waals surface area contributed by atoms with Gasteiger partial charge in [-0.2, -0.15) is 13.2 Å². The Morgan fingerprint density at radius 1 is 1.06 bits per heavy atom. The summed E-state index contributed by atoms with van der Waals surface area (Å²) in [6, 6.07) is 6.42. The lowest BCUT2D eigenvalue weighted by Gasteiger charge is -2.35. The first kappa shape index (κ1) is 27.0. The molecule has 2 aromatic rings. The zero-order chi connectivity index (χ0) is 26.1. The van der Waals surface area contributed by atoms with Gasteiger partial charge in [0.05, 0.1) is 17.5 Å². The molecule has 1 heterocycles. The summed E-state index contributed by atoms with van der Waals surface area (Å²) in [6.45, 7) is 11.7. The molecule has 3 nitrogen and oxygen atoms in total. The second-order valence-electron chi connectivity index (χ2n) is 9.89. The van der Waals surface area contributed by atoms with Crippen molar-refractivity contribution in [3.8, 4) is 5.75 Å². The summed E-state index contributed by atoms with van der Waals surface area (Å²) in [7, 11) is 0. The summed E-state index contributed by atoms with van der Waals surface area (Å²) in [6.07, 6.45) is -0.702. The van der Waals surface area contributed by atoms with Crippen molar-refractivity contribution in [2.24, 2.45) is 0 Å². The second-order valence-corrected chi connectivity index (χ2v) is 9.89. The monoisotopic (exact) mass is 488 g/mol. The first-order valence-corrected chi connectivity index (χ1v) is 12.4. The second kappa shape index (κ2) is 10.2. The summed E-state index contributed by atoms with van der Waals surface area (Å²) in [5.74, 6) is 0.477. The maximum atomic E-state index is 13.3. The molecule has 4 rings (SSSR count). The fourth-order valence-corrected chi connectivity index (χ4v) is 4.88. The van der Waals surface area contributed by atoms with Crippen LogP contribution in [0.3, 0.4) is 0 Å². The van der Waals surface area contributed by atoms with Crippen molar-refractivity contribution in [1.29, 1.82) is 0 Å². The maximum Gasteiger partial charge on any atom is 0.416 e. The number of allylic oxidation sites excluding steroid dienone is 2. The van der Waals surface area contributed by atoms with E-state index in [-0.39, 0.29) is 18.1 Å². The Morgan fingerprint density at radius 3 is 2.20 bits per heavy atom. The molecule has 0 radical (unpaired) electrons. The van der Waals surface area contributed by atoms with Crippen LogP contribution in [0.4, 0.5) is 13.2 Å². The molecule has 6 heteroatoms. The summed E-state index contributed by atoms with van der Waals surface area (Å²) in [5.41, 5.74) is 2.54. The van der Waals surface area contributed by atoms with Crippen molar-refractivity contribution >= 4 is 11.4 Å². The number of benzene rings is 2. The van der Waals surface area contributed by atoms with E-state index in [1.807, 2.05) is 47.6 Å². The van der Waals surface area contributed by atoms with Gasteiger partial charge in [-0.05, 0) is 85.1 Å². The highest BCUT2D eigenvalue weighted by molar-refractivity contribution is 6.05. The minimum Gasteiger partial charge on any atom is -0.487 e. The van der Waals surface area contributed by atoms with Gasteiger partial charge in [-0.25, -0.2) is 0 Å². The molecule has 0 aromatic heterocycles. The molecular formula is C29H35F3O3. The molecule has 2 aliphatic rings. The lowest BCUT2D eigenvalue weighted by Crippen LogP contribution is -2.37. The van der Waals surface area contributed by atoms with Crippen LogP contribution in [0.25, 0.3) is 5.57 Å². The van der Waals surface area contributed by atoms with Crippen LogP contribution in [0.15, 0.2) is 36.4 Å². The minimum atomic E-state index is -4.45. The number of carbonyl (C=O) groups is 1. The van der Waals surface area contributed by atoms with E-state index < -0.39 is 23.4 Å². The maximum absolute atomic E-state index is 13.3. The zero-order valence-corrected chi connectivity index (χ0v) is 21.3. The predicted molar refractivity (Wildman–Crippen MR) is 133 cm³/mol. The Hall–Kier alpha value is -2.60. The van der Waals surface area contributed by atoms with E-state index >= 15 is 0 Å². The lowest BCUT2D eigenvalue weighted by atomic mass is 9.78. The van der Waals surface area contributed by atoms with Crippen molar-refractivity contribution in [3.63, 3.8) is 0 Å². The van der Waals surface area contributed by atoms with E-state index in [0.29, 0.717) is 28.0 Å². The third-order valence-corrected chi connectivity index (χ3v) is 6.43. The number of fused-ring (bicyclic) bond motifs is 1. The molecule has 1 unspecified atom stereocenters. The van der Waals surface area contributed by atoms with Gasteiger partial charge in [-0.15, -0.1) is 0 Å². The Kier molecular flexibility index (Phi) is 7.85. The Balaban J connectivity index is 0.00000167. The third-order valence-electron chi connectivity index (χ3n) is 6.43. The largest absolute Gasteiger partial charge is 0.487 e.